The molecule has 1 nitrogen and oxygen atoms in total. The zero-order valence-corrected chi connectivity index (χ0v) is 10.1. The van der Waals surface area contributed by atoms with Gasteiger partial charge in [-0.2, -0.15) is 0 Å². The van der Waals surface area contributed by atoms with Crippen LogP contribution in [0.2, 0.25) is 0 Å². The monoisotopic (exact) mass is 260 g/mol. The van der Waals surface area contributed by atoms with Crippen molar-refractivity contribution < 1.29 is 9.13 Å². The Bertz CT molecular complexity index is 312. The van der Waals surface area contributed by atoms with Crippen LogP contribution in [0.3, 0.4) is 0 Å². The molecule has 0 aromatic heterocycles. The molecule has 0 N–H and O–H groups in total. The van der Waals surface area contributed by atoms with Gasteiger partial charge in [0.05, 0.1) is 7.11 Å². The molecule has 0 saturated carbocycles. The molecule has 0 aliphatic carbocycles. The Hall–Kier alpha value is -0.570. The van der Waals surface area contributed by atoms with Crippen LogP contribution in [0.4, 0.5) is 4.39 Å². The molecule has 1 unspecified atom stereocenters. The van der Waals surface area contributed by atoms with Gasteiger partial charge in [0.15, 0.2) is 11.6 Å². The van der Waals surface area contributed by atoms with Crippen molar-refractivity contribution in [1.29, 1.82) is 0 Å². The van der Waals surface area contributed by atoms with E-state index in [1.54, 1.807) is 6.07 Å². The van der Waals surface area contributed by atoms with Gasteiger partial charge >= 0.3 is 0 Å². The first kappa shape index (κ1) is 11.5. The third kappa shape index (κ3) is 2.47. The van der Waals surface area contributed by atoms with E-state index in [-0.39, 0.29) is 16.4 Å². The quantitative estimate of drug-likeness (QED) is 0.749. The number of benzene rings is 1. The van der Waals surface area contributed by atoms with E-state index in [2.05, 4.69) is 29.8 Å². The Kier molecular flexibility index (Phi) is 3.93. The van der Waals surface area contributed by atoms with Crippen molar-refractivity contribution in [2.45, 2.75) is 18.7 Å². The van der Waals surface area contributed by atoms with E-state index in [1.807, 2.05) is 6.07 Å². The van der Waals surface area contributed by atoms with Gasteiger partial charge in [0, 0.05) is 4.83 Å². The summed E-state index contributed by atoms with van der Waals surface area (Å²) in [4.78, 5) is 0.183. The van der Waals surface area contributed by atoms with Gasteiger partial charge in [0.25, 0.3) is 0 Å². The topological polar surface area (TPSA) is 9.23 Å². The van der Waals surface area contributed by atoms with E-state index in [0.29, 0.717) is 5.92 Å². The van der Waals surface area contributed by atoms with Gasteiger partial charge in [0.1, 0.15) is 0 Å². The lowest BCUT2D eigenvalue weighted by atomic mass is 10.0. The third-order valence-electron chi connectivity index (χ3n) is 2.08. The first-order valence-corrected chi connectivity index (χ1v) is 5.45. The van der Waals surface area contributed by atoms with Crippen LogP contribution < -0.4 is 4.74 Å². The molecule has 1 atom stereocenters. The molecule has 0 fully saturated rings. The Morgan fingerprint density at radius 3 is 2.43 bits per heavy atom. The molecule has 0 radical (unpaired) electrons. The Morgan fingerprint density at radius 1 is 1.36 bits per heavy atom. The summed E-state index contributed by atoms with van der Waals surface area (Å²) in [7, 11) is 1.46. The summed E-state index contributed by atoms with van der Waals surface area (Å²) >= 11 is 3.52. The molecule has 0 spiro atoms. The van der Waals surface area contributed by atoms with Crippen LogP contribution >= 0.6 is 15.9 Å². The summed E-state index contributed by atoms with van der Waals surface area (Å²) in [6.45, 7) is 4.17. The number of alkyl halides is 1. The lowest BCUT2D eigenvalue weighted by Gasteiger charge is -2.14. The molecule has 1 rings (SSSR count). The summed E-state index contributed by atoms with van der Waals surface area (Å²) < 4.78 is 18.2. The highest BCUT2D eigenvalue weighted by molar-refractivity contribution is 9.09. The van der Waals surface area contributed by atoms with Crippen molar-refractivity contribution in [3.8, 4) is 5.75 Å². The predicted molar refractivity (Wildman–Crippen MR) is 59.5 cm³/mol. The molecule has 0 aliphatic rings. The molecular weight excluding hydrogens is 247 g/mol. The first-order chi connectivity index (χ1) is 6.56. The van der Waals surface area contributed by atoms with Crippen molar-refractivity contribution in [2.75, 3.05) is 7.11 Å². The number of hydrogen-bond donors (Lipinski definition) is 0. The van der Waals surface area contributed by atoms with E-state index in [1.165, 1.54) is 13.2 Å². The van der Waals surface area contributed by atoms with Gasteiger partial charge in [-0.1, -0.05) is 35.8 Å². The molecule has 14 heavy (non-hydrogen) atoms. The van der Waals surface area contributed by atoms with Crippen molar-refractivity contribution >= 4 is 15.9 Å². The molecule has 0 amide bonds. The average molecular weight is 261 g/mol. The van der Waals surface area contributed by atoms with Gasteiger partial charge in [0.2, 0.25) is 0 Å². The maximum absolute atomic E-state index is 13.3. The molecule has 0 bridgehead atoms. The minimum absolute atomic E-state index is 0.183. The van der Waals surface area contributed by atoms with E-state index >= 15 is 0 Å². The molecule has 1 aromatic rings. The smallest absolute Gasteiger partial charge is 0.165 e. The fraction of sp³-hybridized carbons (Fsp3) is 0.455. The van der Waals surface area contributed by atoms with E-state index < -0.39 is 0 Å². The zero-order chi connectivity index (χ0) is 10.7. The standard InChI is InChI=1S/C11H14BrFO/c1-7(2)11(12)8-4-5-10(14-3)9(13)6-8/h4-7,11H,1-3H3. The second-order valence-electron chi connectivity index (χ2n) is 3.54. The SMILES string of the molecule is COc1ccc(C(Br)C(C)C)cc1F. The average Bonchev–Trinajstić information content (AvgIpc) is 2.16. The van der Waals surface area contributed by atoms with Crippen LogP contribution in [0.15, 0.2) is 18.2 Å². The van der Waals surface area contributed by atoms with Crippen molar-refractivity contribution in [1.82, 2.24) is 0 Å². The summed E-state index contributed by atoms with van der Waals surface area (Å²) in [5.41, 5.74) is 0.943. The van der Waals surface area contributed by atoms with E-state index in [0.717, 1.165) is 5.56 Å². The second-order valence-corrected chi connectivity index (χ2v) is 4.53. The van der Waals surface area contributed by atoms with E-state index in [4.69, 9.17) is 4.74 Å². The number of rotatable bonds is 3. The molecule has 78 valence electrons. The summed E-state index contributed by atoms with van der Waals surface area (Å²) in [6, 6.07) is 5.04. The van der Waals surface area contributed by atoms with Crippen LogP contribution in [-0.4, -0.2) is 7.11 Å². The minimum Gasteiger partial charge on any atom is -0.494 e. The molecule has 1 aromatic carbocycles. The van der Waals surface area contributed by atoms with Gasteiger partial charge < -0.3 is 4.74 Å². The molecule has 0 heterocycles. The Balaban J connectivity index is 2.96. The maximum Gasteiger partial charge on any atom is 0.165 e. The predicted octanol–water partition coefficient (Wildman–Crippen LogP) is 3.93. The van der Waals surface area contributed by atoms with Crippen molar-refractivity contribution in [3.63, 3.8) is 0 Å². The normalized spacial score (nSPS) is 13.0. The summed E-state index contributed by atoms with van der Waals surface area (Å²) in [5.74, 6) is 0.412. The first-order valence-electron chi connectivity index (χ1n) is 4.53. The zero-order valence-electron chi connectivity index (χ0n) is 8.55. The van der Waals surface area contributed by atoms with Gasteiger partial charge in [-0.15, -0.1) is 0 Å². The Morgan fingerprint density at radius 2 is 2.00 bits per heavy atom. The summed E-state index contributed by atoms with van der Waals surface area (Å²) in [6.07, 6.45) is 0. The van der Waals surface area contributed by atoms with Gasteiger partial charge in [-0.05, 0) is 23.6 Å². The lowest BCUT2D eigenvalue weighted by Crippen LogP contribution is -1.99. The highest BCUT2D eigenvalue weighted by atomic mass is 79.9. The summed E-state index contributed by atoms with van der Waals surface area (Å²) in [5, 5.41) is 0. The number of hydrogen-bond acceptors (Lipinski definition) is 1. The minimum atomic E-state index is -0.310. The highest BCUT2D eigenvalue weighted by Crippen LogP contribution is 2.32. The van der Waals surface area contributed by atoms with Crippen molar-refractivity contribution in [2.24, 2.45) is 5.92 Å². The fourth-order valence-electron chi connectivity index (χ4n) is 1.24. The molecular formula is C11H14BrFO. The van der Waals surface area contributed by atoms with Crippen LogP contribution in [0.1, 0.15) is 24.2 Å². The number of halogens is 2. The van der Waals surface area contributed by atoms with Crippen LogP contribution in [0.25, 0.3) is 0 Å². The number of methoxy groups -OCH3 is 1. The third-order valence-corrected chi connectivity index (χ3v) is 3.67. The number of ether oxygens (including phenoxy) is 1. The largest absolute Gasteiger partial charge is 0.494 e. The van der Waals surface area contributed by atoms with Crippen LogP contribution in [-0.2, 0) is 0 Å². The van der Waals surface area contributed by atoms with Gasteiger partial charge in [-0.25, -0.2) is 4.39 Å². The highest BCUT2D eigenvalue weighted by Gasteiger charge is 2.13. The fourth-order valence-corrected chi connectivity index (χ4v) is 1.52. The Labute approximate surface area is 92.4 Å². The van der Waals surface area contributed by atoms with Gasteiger partial charge in [-0.3, -0.25) is 0 Å². The molecule has 0 aliphatic heterocycles. The van der Waals surface area contributed by atoms with Crippen LogP contribution in [0.5, 0.6) is 5.75 Å². The van der Waals surface area contributed by atoms with E-state index in [9.17, 15) is 4.39 Å². The maximum atomic E-state index is 13.3. The lowest BCUT2D eigenvalue weighted by molar-refractivity contribution is 0.386. The molecule has 0 saturated heterocycles. The van der Waals surface area contributed by atoms with Crippen molar-refractivity contribution in [3.05, 3.63) is 29.6 Å². The van der Waals surface area contributed by atoms with Crippen LogP contribution in [0, 0.1) is 11.7 Å². The molecule has 3 heteroatoms. The second kappa shape index (κ2) is 4.78.